The molecular weight excluding hydrogens is 408 g/mol. The van der Waals surface area contributed by atoms with E-state index in [1.54, 1.807) is 13.0 Å². The lowest BCUT2D eigenvalue weighted by Gasteiger charge is -2.13. The van der Waals surface area contributed by atoms with Gasteiger partial charge in [-0.1, -0.05) is 6.92 Å². The summed E-state index contributed by atoms with van der Waals surface area (Å²) in [7, 11) is -3.77. The van der Waals surface area contributed by atoms with Crippen LogP contribution in [0, 0.1) is 6.92 Å². The average molecular weight is 435 g/mol. The number of nitrogens with zero attached hydrogens (tertiary/aromatic N) is 3. The molecule has 2 heterocycles. The third-order valence-electron chi connectivity index (χ3n) is 4.47. The van der Waals surface area contributed by atoms with Crippen LogP contribution < -0.4 is 20.8 Å². The van der Waals surface area contributed by atoms with Crippen LogP contribution in [0.3, 0.4) is 0 Å². The molecule has 1 aromatic carbocycles. The molecule has 0 bridgehead atoms. The quantitative estimate of drug-likeness (QED) is 0.455. The molecule has 0 radical (unpaired) electrons. The van der Waals surface area contributed by atoms with E-state index in [9.17, 15) is 13.2 Å². The van der Waals surface area contributed by atoms with Crippen LogP contribution in [0.15, 0.2) is 27.9 Å². The first-order valence-corrected chi connectivity index (χ1v) is 11.3. The molecule has 0 unspecified atom stereocenters. The molecular formula is C19H26N6O4S. The number of aromatic amines is 1. The molecule has 0 fully saturated rings. The Hall–Kier alpha value is -2.76. The number of fused-ring (bicyclic) bond motifs is 1. The van der Waals surface area contributed by atoms with Gasteiger partial charge in [0.15, 0.2) is 11.3 Å². The van der Waals surface area contributed by atoms with Crippen LogP contribution in [0.2, 0.25) is 0 Å². The van der Waals surface area contributed by atoms with Crippen molar-refractivity contribution in [2.75, 3.05) is 19.7 Å². The number of sulfonamides is 1. The minimum absolute atomic E-state index is 0.0211. The second-order valence-electron chi connectivity index (χ2n) is 6.70. The number of hydrogen-bond acceptors (Lipinski definition) is 7. The fraction of sp³-hybridized carbons (Fsp3) is 0.421. The summed E-state index contributed by atoms with van der Waals surface area (Å²) in [5, 5.41) is 4.56. The van der Waals surface area contributed by atoms with Gasteiger partial charge in [-0.2, -0.15) is 0 Å². The molecule has 0 saturated heterocycles. The highest BCUT2D eigenvalue weighted by molar-refractivity contribution is 7.89. The Bertz CT molecular complexity index is 1220. The third kappa shape index (κ3) is 4.23. The SMILES string of the molecule is CCCc1nc(C)c2c(=O)[nH]c(-c3cc(S(=O)(=O)NCCN)ccc3OCC)nn12. The molecule has 0 aliphatic rings. The van der Waals surface area contributed by atoms with Crippen molar-refractivity contribution < 1.29 is 13.2 Å². The monoisotopic (exact) mass is 434 g/mol. The van der Waals surface area contributed by atoms with E-state index in [2.05, 4.69) is 19.8 Å². The molecule has 30 heavy (non-hydrogen) atoms. The van der Waals surface area contributed by atoms with Gasteiger partial charge in [0.2, 0.25) is 10.0 Å². The zero-order chi connectivity index (χ0) is 21.9. The maximum absolute atomic E-state index is 12.8. The van der Waals surface area contributed by atoms with Crippen LogP contribution >= 0.6 is 0 Å². The van der Waals surface area contributed by atoms with Crippen LogP contribution in [0.25, 0.3) is 16.9 Å². The third-order valence-corrected chi connectivity index (χ3v) is 5.93. The summed E-state index contributed by atoms with van der Waals surface area (Å²) in [6.45, 7) is 6.24. The minimum atomic E-state index is -3.77. The van der Waals surface area contributed by atoms with Crippen LogP contribution in [0.4, 0.5) is 0 Å². The number of aromatic nitrogens is 4. The number of hydrogen-bond donors (Lipinski definition) is 3. The number of benzene rings is 1. The van der Waals surface area contributed by atoms with E-state index in [1.165, 1.54) is 16.6 Å². The van der Waals surface area contributed by atoms with Gasteiger partial charge in [-0.25, -0.2) is 22.6 Å². The fourth-order valence-electron chi connectivity index (χ4n) is 3.16. The van der Waals surface area contributed by atoms with E-state index < -0.39 is 10.0 Å². The molecule has 0 amide bonds. The molecule has 4 N–H and O–H groups in total. The highest BCUT2D eigenvalue weighted by Crippen LogP contribution is 2.30. The van der Waals surface area contributed by atoms with Crippen molar-refractivity contribution in [3.63, 3.8) is 0 Å². The highest BCUT2D eigenvalue weighted by Gasteiger charge is 2.20. The maximum Gasteiger partial charge on any atom is 0.277 e. The molecule has 162 valence electrons. The normalized spacial score (nSPS) is 11.9. The van der Waals surface area contributed by atoms with Crippen molar-refractivity contribution in [2.24, 2.45) is 5.73 Å². The summed E-state index contributed by atoms with van der Waals surface area (Å²) in [6, 6.07) is 4.41. The first-order chi connectivity index (χ1) is 14.3. The molecule has 3 rings (SSSR count). The van der Waals surface area contributed by atoms with Crippen LogP contribution in [-0.2, 0) is 16.4 Å². The van der Waals surface area contributed by atoms with E-state index >= 15 is 0 Å². The number of H-pyrrole nitrogens is 1. The van der Waals surface area contributed by atoms with Crippen molar-refractivity contribution in [1.29, 1.82) is 0 Å². The number of imidazole rings is 1. The molecule has 0 atom stereocenters. The number of aryl methyl sites for hydroxylation is 2. The molecule has 0 spiro atoms. The predicted molar refractivity (Wildman–Crippen MR) is 113 cm³/mol. The van der Waals surface area contributed by atoms with Gasteiger partial charge in [-0.3, -0.25) is 4.79 Å². The summed E-state index contributed by atoms with van der Waals surface area (Å²) >= 11 is 0. The summed E-state index contributed by atoms with van der Waals surface area (Å²) in [5.74, 6) is 1.27. The number of nitrogens with two attached hydrogens (primary N) is 1. The first-order valence-electron chi connectivity index (χ1n) is 9.77. The van der Waals surface area contributed by atoms with E-state index in [0.29, 0.717) is 41.4 Å². The van der Waals surface area contributed by atoms with Crippen LogP contribution in [0.5, 0.6) is 5.75 Å². The highest BCUT2D eigenvalue weighted by atomic mass is 32.2. The Morgan fingerprint density at radius 2 is 2.07 bits per heavy atom. The van der Waals surface area contributed by atoms with Crippen molar-refractivity contribution in [1.82, 2.24) is 24.3 Å². The van der Waals surface area contributed by atoms with Gasteiger partial charge in [0.05, 0.1) is 22.8 Å². The lowest BCUT2D eigenvalue weighted by atomic mass is 10.2. The summed E-state index contributed by atoms with van der Waals surface area (Å²) in [5.41, 5.74) is 6.37. The molecule has 3 aromatic rings. The Balaban J connectivity index is 2.22. The molecule has 0 saturated carbocycles. The second-order valence-corrected chi connectivity index (χ2v) is 8.47. The first kappa shape index (κ1) is 21.9. The van der Waals surface area contributed by atoms with Gasteiger partial charge >= 0.3 is 0 Å². The van der Waals surface area contributed by atoms with Crippen LogP contribution in [-0.4, -0.2) is 47.7 Å². The fourth-order valence-corrected chi connectivity index (χ4v) is 4.24. The number of rotatable bonds is 9. The Labute approximate surface area is 174 Å². The number of nitrogens with one attached hydrogen (secondary N) is 2. The van der Waals surface area contributed by atoms with E-state index in [4.69, 9.17) is 10.5 Å². The van der Waals surface area contributed by atoms with E-state index in [0.717, 1.165) is 6.42 Å². The van der Waals surface area contributed by atoms with Crippen molar-refractivity contribution >= 4 is 15.5 Å². The Kier molecular flexibility index (Phi) is 6.54. The molecule has 0 aliphatic carbocycles. The van der Waals surface area contributed by atoms with Gasteiger partial charge < -0.3 is 15.5 Å². The van der Waals surface area contributed by atoms with Crippen LogP contribution in [0.1, 0.15) is 31.8 Å². The lowest BCUT2D eigenvalue weighted by molar-refractivity contribution is 0.341. The molecule has 10 nitrogen and oxygen atoms in total. The summed E-state index contributed by atoms with van der Waals surface area (Å²) in [6.07, 6.45) is 1.49. The Morgan fingerprint density at radius 1 is 1.30 bits per heavy atom. The zero-order valence-electron chi connectivity index (χ0n) is 17.2. The van der Waals surface area contributed by atoms with Gasteiger partial charge in [0, 0.05) is 19.5 Å². The molecule has 2 aromatic heterocycles. The van der Waals surface area contributed by atoms with Crippen molar-refractivity contribution in [3.05, 3.63) is 40.1 Å². The van der Waals surface area contributed by atoms with E-state index in [1.807, 2.05) is 13.8 Å². The molecule has 0 aliphatic heterocycles. The smallest absolute Gasteiger partial charge is 0.277 e. The predicted octanol–water partition coefficient (Wildman–Crippen LogP) is 0.981. The summed E-state index contributed by atoms with van der Waals surface area (Å²) < 4.78 is 34.7. The minimum Gasteiger partial charge on any atom is -0.493 e. The zero-order valence-corrected chi connectivity index (χ0v) is 18.0. The van der Waals surface area contributed by atoms with Gasteiger partial charge in [0.25, 0.3) is 5.56 Å². The van der Waals surface area contributed by atoms with Gasteiger partial charge in [-0.05, 0) is 38.5 Å². The lowest BCUT2D eigenvalue weighted by Crippen LogP contribution is -2.29. The van der Waals surface area contributed by atoms with Gasteiger partial charge in [0.1, 0.15) is 11.6 Å². The van der Waals surface area contributed by atoms with Crippen molar-refractivity contribution in [3.8, 4) is 17.1 Å². The van der Waals surface area contributed by atoms with Gasteiger partial charge in [-0.15, -0.1) is 5.10 Å². The topological polar surface area (TPSA) is 144 Å². The summed E-state index contributed by atoms with van der Waals surface area (Å²) in [4.78, 5) is 20.0. The Morgan fingerprint density at radius 3 is 2.73 bits per heavy atom. The molecule has 11 heteroatoms. The van der Waals surface area contributed by atoms with Crippen molar-refractivity contribution in [2.45, 2.75) is 38.5 Å². The standard InChI is InChI=1S/C19H26N6O4S/c1-4-6-16-22-12(3)17-19(26)23-18(24-25(16)17)14-11-13(7-8-15(14)29-5-2)30(27,28)21-10-9-20/h7-8,11,21H,4-6,9-10,20H2,1-3H3,(H,23,24,26). The van der Waals surface area contributed by atoms with E-state index in [-0.39, 0.29) is 29.4 Å². The number of ether oxygens (including phenoxy) is 1. The largest absolute Gasteiger partial charge is 0.493 e. The second kappa shape index (κ2) is 8.94. The average Bonchev–Trinajstić information content (AvgIpc) is 3.03. The maximum atomic E-state index is 12.8.